The molecule has 126 valence electrons. The summed E-state index contributed by atoms with van der Waals surface area (Å²) in [6, 6.07) is 23.4. The van der Waals surface area contributed by atoms with Crippen molar-refractivity contribution in [2.75, 3.05) is 5.32 Å². The summed E-state index contributed by atoms with van der Waals surface area (Å²) in [5, 5.41) is 3.47. The zero-order valence-electron chi connectivity index (χ0n) is 13.8. The number of carbonyl (C=O) groups is 1. The lowest BCUT2D eigenvalue weighted by atomic mass is 10.1. The summed E-state index contributed by atoms with van der Waals surface area (Å²) in [4.78, 5) is 22.1. The van der Waals surface area contributed by atoms with Crippen LogP contribution in [0.5, 0.6) is 0 Å². The molecular formula is C21H15N3OS. The van der Waals surface area contributed by atoms with Gasteiger partial charge < -0.3 is 0 Å². The Morgan fingerprint density at radius 1 is 0.808 bits per heavy atom. The van der Waals surface area contributed by atoms with E-state index in [1.54, 1.807) is 24.5 Å². The molecule has 0 aliphatic heterocycles. The number of amides is 1. The molecule has 26 heavy (non-hydrogen) atoms. The van der Waals surface area contributed by atoms with Gasteiger partial charge in [0.1, 0.15) is 0 Å². The summed E-state index contributed by atoms with van der Waals surface area (Å²) < 4.78 is 0. The van der Waals surface area contributed by atoms with Crippen molar-refractivity contribution >= 4 is 22.4 Å². The lowest BCUT2D eigenvalue weighted by Crippen LogP contribution is -2.11. The van der Waals surface area contributed by atoms with Crippen molar-refractivity contribution in [2.24, 2.45) is 0 Å². The van der Waals surface area contributed by atoms with E-state index in [4.69, 9.17) is 4.98 Å². The summed E-state index contributed by atoms with van der Waals surface area (Å²) in [7, 11) is 0. The number of benzene rings is 2. The zero-order chi connectivity index (χ0) is 17.8. The number of thiazole rings is 1. The fourth-order valence-corrected chi connectivity index (χ4v) is 3.61. The van der Waals surface area contributed by atoms with E-state index in [1.165, 1.54) is 11.3 Å². The highest BCUT2D eigenvalue weighted by atomic mass is 32.1. The number of nitrogens with zero attached hydrogens (tertiary/aromatic N) is 2. The maximum Gasteiger partial charge on any atom is 0.257 e. The highest BCUT2D eigenvalue weighted by molar-refractivity contribution is 7.19. The minimum absolute atomic E-state index is 0.194. The largest absolute Gasteiger partial charge is 0.298 e. The maximum atomic E-state index is 12.4. The van der Waals surface area contributed by atoms with E-state index in [1.807, 2.05) is 48.5 Å². The molecule has 2 aromatic carbocycles. The van der Waals surface area contributed by atoms with E-state index in [2.05, 4.69) is 22.4 Å². The van der Waals surface area contributed by atoms with Crippen molar-refractivity contribution in [3.63, 3.8) is 0 Å². The Morgan fingerprint density at radius 3 is 2.08 bits per heavy atom. The minimum Gasteiger partial charge on any atom is -0.298 e. The summed E-state index contributed by atoms with van der Waals surface area (Å²) in [5.41, 5.74) is 3.52. The molecule has 0 aliphatic rings. The Bertz CT molecular complexity index is 958. The van der Waals surface area contributed by atoms with Gasteiger partial charge in [0.2, 0.25) is 0 Å². The van der Waals surface area contributed by atoms with Crippen LogP contribution < -0.4 is 5.32 Å². The number of carbonyl (C=O) groups excluding carboxylic acids is 1. The van der Waals surface area contributed by atoms with Gasteiger partial charge in [0.25, 0.3) is 5.91 Å². The predicted octanol–water partition coefficient (Wildman–Crippen LogP) is 5.12. The molecule has 0 spiro atoms. The van der Waals surface area contributed by atoms with Crippen LogP contribution in [-0.2, 0) is 0 Å². The van der Waals surface area contributed by atoms with Gasteiger partial charge in [-0.15, -0.1) is 0 Å². The van der Waals surface area contributed by atoms with Gasteiger partial charge in [0.05, 0.1) is 10.6 Å². The van der Waals surface area contributed by atoms with Gasteiger partial charge in [0, 0.05) is 23.5 Å². The molecule has 0 saturated carbocycles. The minimum atomic E-state index is -0.194. The lowest BCUT2D eigenvalue weighted by Gasteiger charge is -2.02. The first-order valence-electron chi connectivity index (χ1n) is 8.14. The Hall–Kier alpha value is -3.31. The highest BCUT2D eigenvalue weighted by Gasteiger charge is 2.16. The van der Waals surface area contributed by atoms with Crippen LogP contribution in [0.15, 0.2) is 85.2 Å². The van der Waals surface area contributed by atoms with Gasteiger partial charge in [-0.1, -0.05) is 72.0 Å². The molecule has 4 nitrogen and oxygen atoms in total. The van der Waals surface area contributed by atoms with Crippen LogP contribution in [0, 0.1) is 0 Å². The van der Waals surface area contributed by atoms with Crippen molar-refractivity contribution < 1.29 is 4.79 Å². The second-order valence-electron chi connectivity index (χ2n) is 5.62. The molecule has 0 atom stereocenters. The standard InChI is InChI=1S/C21H15N3OS/c25-20(17-11-13-22-14-12-17)24-21-23-18(15-7-3-1-4-8-15)19(26-21)16-9-5-2-6-10-16/h1-14H,(H,23,24,25). The topological polar surface area (TPSA) is 54.9 Å². The molecule has 4 rings (SSSR count). The van der Waals surface area contributed by atoms with E-state index < -0.39 is 0 Å². The average Bonchev–Trinajstić information content (AvgIpc) is 3.14. The van der Waals surface area contributed by atoms with Crippen LogP contribution in [0.4, 0.5) is 5.13 Å². The summed E-state index contributed by atoms with van der Waals surface area (Å²) in [6.07, 6.45) is 3.20. The van der Waals surface area contributed by atoms with Crippen LogP contribution in [0.1, 0.15) is 10.4 Å². The number of pyridine rings is 1. The summed E-state index contributed by atoms with van der Waals surface area (Å²) in [5.74, 6) is -0.194. The molecule has 0 saturated heterocycles. The molecule has 2 heterocycles. The fraction of sp³-hybridized carbons (Fsp3) is 0. The molecule has 1 amide bonds. The number of hydrogen-bond donors (Lipinski definition) is 1. The van der Waals surface area contributed by atoms with Crippen molar-refractivity contribution in [3.05, 3.63) is 90.8 Å². The van der Waals surface area contributed by atoms with Gasteiger partial charge in [-0.3, -0.25) is 15.1 Å². The average molecular weight is 357 g/mol. The van der Waals surface area contributed by atoms with E-state index in [0.717, 1.165) is 21.7 Å². The Balaban J connectivity index is 1.73. The highest BCUT2D eigenvalue weighted by Crippen LogP contribution is 2.38. The predicted molar refractivity (Wildman–Crippen MR) is 105 cm³/mol. The van der Waals surface area contributed by atoms with Crippen LogP contribution in [0.25, 0.3) is 21.7 Å². The SMILES string of the molecule is O=C(Nc1nc(-c2ccccc2)c(-c2ccccc2)s1)c1ccncc1. The fourth-order valence-electron chi connectivity index (χ4n) is 2.62. The Kier molecular flexibility index (Phi) is 4.53. The molecule has 0 fully saturated rings. The molecular weight excluding hydrogens is 342 g/mol. The monoisotopic (exact) mass is 357 g/mol. The van der Waals surface area contributed by atoms with Crippen molar-refractivity contribution in [1.29, 1.82) is 0 Å². The molecule has 2 aromatic heterocycles. The van der Waals surface area contributed by atoms with Gasteiger partial charge in [0.15, 0.2) is 5.13 Å². The zero-order valence-corrected chi connectivity index (χ0v) is 14.6. The van der Waals surface area contributed by atoms with Gasteiger partial charge in [-0.25, -0.2) is 4.98 Å². The first-order valence-corrected chi connectivity index (χ1v) is 8.96. The molecule has 0 radical (unpaired) electrons. The maximum absolute atomic E-state index is 12.4. The molecule has 0 aliphatic carbocycles. The van der Waals surface area contributed by atoms with Crippen molar-refractivity contribution in [3.8, 4) is 21.7 Å². The molecule has 0 unspecified atom stereocenters. The first-order chi connectivity index (χ1) is 12.8. The lowest BCUT2D eigenvalue weighted by molar-refractivity contribution is 0.102. The summed E-state index contributed by atoms with van der Waals surface area (Å²) in [6.45, 7) is 0. The number of aromatic nitrogens is 2. The van der Waals surface area contributed by atoms with E-state index in [0.29, 0.717) is 10.7 Å². The second-order valence-corrected chi connectivity index (χ2v) is 6.62. The van der Waals surface area contributed by atoms with Crippen molar-refractivity contribution in [1.82, 2.24) is 9.97 Å². The third kappa shape index (κ3) is 3.38. The van der Waals surface area contributed by atoms with Gasteiger partial charge >= 0.3 is 0 Å². The van der Waals surface area contributed by atoms with Crippen LogP contribution in [-0.4, -0.2) is 15.9 Å². The summed E-state index contributed by atoms with van der Waals surface area (Å²) >= 11 is 1.47. The molecule has 5 heteroatoms. The van der Waals surface area contributed by atoms with Gasteiger partial charge in [-0.2, -0.15) is 0 Å². The van der Waals surface area contributed by atoms with E-state index in [9.17, 15) is 4.79 Å². The van der Waals surface area contributed by atoms with Crippen LogP contribution >= 0.6 is 11.3 Å². The number of rotatable bonds is 4. The second kappa shape index (κ2) is 7.29. The number of hydrogen-bond acceptors (Lipinski definition) is 4. The third-order valence-electron chi connectivity index (χ3n) is 3.87. The number of nitrogens with one attached hydrogen (secondary N) is 1. The Labute approximate surface area is 155 Å². The van der Waals surface area contributed by atoms with Gasteiger partial charge in [-0.05, 0) is 17.7 Å². The molecule has 4 aromatic rings. The van der Waals surface area contributed by atoms with Crippen LogP contribution in [0.2, 0.25) is 0 Å². The quantitative estimate of drug-likeness (QED) is 0.551. The number of anilines is 1. The molecule has 0 bridgehead atoms. The normalized spacial score (nSPS) is 10.5. The van der Waals surface area contributed by atoms with E-state index >= 15 is 0 Å². The Morgan fingerprint density at radius 2 is 1.42 bits per heavy atom. The first kappa shape index (κ1) is 16.2. The van der Waals surface area contributed by atoms with Crippen LogP contribution in [0.3, 0.4) is 0 Å². The third-order valence-corrected chi connectivity index (χ3v) is 4.89. The van der Waals surface area contributed by atoms with Crippen molar-refractivity contribution in [2.45, 2.75) is 0 Å². The van der Waals surface area contributed by atoms with E-state index in [-0.39, 0.29) is 5.91 Å². The molecule has 1 N–H and O–H groups in total. The smallest absolute Gasteiger partial charge is 0.257 e.